The molecule has 1 saturated heterocycles. The van der Waals surface area contributed by atoms with Crippen molar-refractivity contribution in [3.63, 3.8) is 0 Å². The highest BCUT2D eigenvalue weighted by Crippen LogP contribution is 2.36. The van der Waals surface area contributed by atoms with E-state index in [1.165, 1.54) is 0 Å². The van der Waals surface area contributed by atoms with Crippen LogP contribution in [0.15, 0.2) is 0 Å². The molecule has 0 aromatic heterocycles. The predicted molar refractivity (Wildman–Crippen MR) is 82.7 cm³/mol. The van der Waals surface area contributed by atoms with Gasteiger partial charge in [0.05, 0.1) is 0 Å². The summed E-state index contributed by atoms with van der Waals surface area (Å²) in [6, 6.07) is -0.286. The highest BCUT2D eigenvalue weighted by molar-refractivity contribution is 7.98. The quantitative estimate of drug-likeness (QED) is 0.845. The number of carbonyl (C=O) groups is 2. The zero-order chi connectivity index (χ0) is 14.8. The van der Waals surface area contributed by atoms with E-state index in [0.29, 0.717) is 6.54 Å². The second-order valence-corrected chi connectivity index (χ2v) is 7.09. The first-order valence-corrected chi connectivity index (χ1v) is 9.07. The van der Waals surface area contributed by atoms with Crippen LogP contribution in [-0.4, -0.2) is 46.8 Å². The summed E-state index contributed by atoms with van der Waals surface area (Å²) in [5.74, 6) is 1.32. The van der Waals surface area contributed by atoms with E-state index in [1.807, 2.05) is 11.2 Å². The number of amides is 2. The molecular formula is C15H26N2O2S. The largest absolute Gasteiger partial charge is 0.340 e. The lowest BCUT2D eigenvalue weighted by molar-refractivity contribution is -0.156. The first kappa shape index (κ1) is 15.7. The molecule has 2 aliphatic rings. The standard InChI is InChI=1S/C15H26N2O2S/c1-4-11(2)12-13(18)16-15(7-5-6-8-15)14(19)17(12)9-10-20-3/h11-12H,4-10H2,1-3H3,(H,16,18). The minimum Gasteiger partial charge on any atom is -0.340 e. The van der Waals surface area contributed by atoms with Crippen molar-refractivity contribution in [1.82, 2.24) is 10.2 Å². The molecule has 1 aliphatic carbocycles. The smallest absolute Gasteiger partial charge is 0.249 e. The van der Waals surface area contributed by atoms with Crippen LogP contribution < -0.4 is 5.32 Å². The number of piperazine rings is 1. The van der Waals surface area contributed by atoms with Crippen LogP contribution in [0.1, 0.15) is 46.0 Å². The molecule has 1 heterocycles. The number of hydrogen-bond acceptors (Lipinski definition) is 3. The summed E-state index contributed by atoms with van der Waals surface area (Å²) in [5, 5.41) is 3.08. The summed E-state index contributed by atoms with van der Waals surface area (Å²) < 4.78 is 0. The van der Waals surface area contributed by atoms with Gasteiger partial charge in [-0.2, -0.15) is 11.8 Å². The third-order valence-corrected chi connectivity index (χ3v) is 5.40. The topological polar surface area (TPSA) is 49.4 Å². The molecule has 4 nitrogen and oxygen atoms in total. The molecule has 2 unspecified atom stereocenters. The maximum atomic E-state index is 12.9. The van der Waals surface area contributed by atoms with Gasteiger partial charge in [0.1, 0.15) is 11.6 Å². The molecule has 2 amide bonds. The minimum atomic E-state index is -0.584. The SMILES string of the molecule is CCC(C)C1C(=O)NC2(CCCC2)C(=O)N1CCSC. The highest BCUT2D eigenvalue weighted by Gasteiger charge is 2.52. The van der Waals surface area contributed by atoms with Crippen molar-refractivity contribution in [3.8, 4) is 0 Å². The van der Waals surface area contributed by atoms with Crippen LogP contribution >= 0.6 is 11.8 Å². The fourth-order valence-electron chi connectivity index (χ4n) is 3.44. The number of nitrogens with zero attached hydrogens (tertiary/aromatic N) is 1. The van der Waals surface area contributed by atoms with E-state index in [2.05, 4.69) is 19.2 Å². The van der Waals surface area contributed by atoms with E-state index < -0.39 is 5.54 Å². The van der Waals surface area contributed by atoms with Crippen molar-refractivity contribution in [3.05, 3.63) is 0 Å². The Morgan fingerprint density at radius 2 is 2.05 bits per heavy atom. The zero-order valence-corrected chi connectivity index (χ0v) is 13.6. The van der Waals surface area contributed by atoms with Gasteiger partial charge in [-0.3, -0.25) is 9.59 Å². The fourth-order valence-corrected chi connectivity index (χ4v) is 3.82. The normalized spacial score (nSPS) is 26.9. The van der Waals surface area contributed by atoms with Gasteiger partial charge in [-0.05, 0) is 25.0 Å². The molecule has 1 spiro atoms. The molecule has 2 fully saturated rings. The van der Waals surface area contributed by atoms with Crippen molar-refractivity contribution in [2.45, 2.75) is 57.5 Å². The van der Waals surface area contributed by atoms with Crippen molar-refractivity contribution < 1.29 is 9.59 Å². The Kier molecular flexibility index (Phi) is 4.99. The third kappa shape index (κ3) is 2.69. The van der Waals surface area contributed by atoms with Crippen LogP contribution in [0.2, 0.25) is 0 Å². The maximum absolute atomic E-state index is 12.9. The molecular weight excluding hydrogens is 272 g/mol. The van der Waals surface area contributed by atoms with E-state index in [9.17, 15) is 9.59 Å². The summed E-state index contributed by atoms with van der Waals surface area (Å²) in [7, 11) is 0. The van der Waals surface area contributed by atoms with Gasteiger partial charge in [-0.1, -0.05) is 33.1 Å². The molecule has 1 N–H and O–H groups in total. The Hall–Kier alpha value is -0.710. The monoisotopic (exact) mass is 298 g/mol. The number of nitrogens with one attached hydrogen (secondary N) is 1. The van der Waals surface area contributed by atoms with E-state index >= 15 is 0 Å². The highest BCUT2D eigenvalue weighted by atomic mass is 32.2. The predicted octanol–water partition coefficient (Wildman–Crippen LogP) is 2.04. The molecule has 114 valence electrons. The average molecular weight is 298 g/mol. The molecule has 0 radical (unpaired) electrons. The Bertz CT molecular complexity index is 380. The van der Waals surface area contributed by atoms with Gasteiger partial charge in [0.25, 0.3) is 0 Å². The van der Waals surface area contributed by atoms with Gasteiger partial charge in [-0.25, -0.2) is 0 Å². The number of hydrogen-bond donors (Lipinski definition) is 1. The minimum absolute atomic E-state index is 0.0574. The van der Waals surface area contributed by atoms with Crippen molar-refractivity contribution >= 4 is 23.6 Å². The van der Waals surface area contributed by atoms with E-state index in [4.69, 9.17) is 0 Å². The fraction of sp³-hybridized carbons (Fsp3) is 0.867. The molecule has 20 heavy (non-hydrogen) atoms. The lowest BCUT2D eigenvalue weighted by atomic mass is 9.86. The van der Waals surface area contributed by atoms with Crippen LogP contribution in [-0.2, 0) is 9.59 Å². The molecule has 5 heteroatoms. The molecule has 2 atom stereocenters. The zero-order valence-electron chi connectivity index (χ0n) is 12.8. The number of thioether (sulfide) groups is 1. The van der Waals surface area contributed by atoms with Gasteiger partial charge in [-0.15, -0.1) is 0 Å². The maximum Gasteiger partial charge on any atom is 0.249 e. The van der Waals surface area contributed by atoms with Crippen LogP contribution in [0, 0.1) is 5.92 Å². The first-order valence-electron chi connectivity index (χ1n) is 7.68. The van der Waals surface area contributed by atoms with Gasteiger partial charge < -0.3 is 10.2 Å². The lowest BCUT2D eigenvalue weighted by Crippen LogP contribution is -2.70. The molecule has 0 aromatic carbocycles. The summed E-state index contributed by atoms with van der Waals surface area (Å²) in [6.45, 7) is 4.83. The van der Waals surface area contributed by atoms with Crippen molar-refractivity contribution in [2.75, 3.05) is 18.6 Å². The number of rotatable bonds is 5. The Balaban J connectivity index is 2.25. The van der Waals surface area contributed by atoms with E-state index in [-0.39, 0.29) is 23.8 Å². The van der Waals surface area contributed by atoms with Gasteiger partial charge in [0.15, 0.2) is 0 Å². The van der Waals surface area contributed by atoms with Crippen LogP contribution in [0.4, 0.5) is 0 Å². The molecule has 1 aliphatic heterocycles. The second kappa shape index (κ2) is 6.37. The Labute approximate surface area is 126 Å². The Morgan fingerprint density at radius 1 is 1.40 bits per heavy atom. The van der Waals surface area contributed by atoms with Gasteiger partial charge in [0, 0.05) is 12.3 Å². The van der Waals surface area contributed by atoms with Gasteiger partial charge >= 0.3 is 0 Å². The van der Waals surface area contributed by atoms with Crippen LogP contribution in [0.25, 0.3) is 0 Å². The lowest BCUT2D eigenvalue weighted by Gasteiger charge is -2.46. The Morgan fingerprint density at radius 3 is 2.60 bits per heavy atom. The third-order valence-electron chi connectivity index (χ3n) is 4.81. The van der Waals surface area contributed by atoms with Crippen LogP contribution in [0.5, 0.6) is 0 Å². The summed E-state index contributed by atoms with van der Waals surface area (Å²) in [4.78, 5) is 27.4. The average Bonchev–Trinajstić information content (AvgIpc) is 2.90. The summed E-state index contributed by atoms with van der Waals surface area (Å²) in [5.41, 5.74) is -0.584. The molecule has 1 saturated carbocycles. The van der Waals surface area contributed by atoms with E-state index in [1.54, 1.807) is 11.8 Å². The van der Waals surface area contributed by atoms with E-state index in [0.717, 1.165) is 37.9 Å². The summed E-state index contributed by atoms with van der Waals surface area (Å²) >= 11 is 1.73. The van der Waals surface area contributed by atoms with Crippen LogP contribution in [0.3, 0.4) is 0 Å². The van der Waals surface area contributed by atoms with Gasteiger partial charge in [0.2, 0.25) is 11.8 Å². The second-order valence-electron chi connectivity index (χ2n) is 6.10. The molecule has 2 rings (SSSR count). The molecule has 0 aromatic rings. The first-order chi connectivity index (χ1) is 9.55. The van der Waals surface area contributed by atoms with Crippen molar-refractivity contribution in [1.29, 1.82) is 0 Å². The number of carbonyl (C=O) groups excluding carboxylic acids is 2. The van der Waals surface area contributed by atoms with Crippen molar-refractivity contribution in [2.24, 2.45) is 5.92 Å². The molecule has 0 bridgehead atoms. The summed E-state index contributed by atoms with van der Waals surface area (Å²) in [6.07, 6.45) is 6.64.